The molecule has 3 nitrogen and oxygen atoms in total. The molecule has 0 saturated heterocycles. The van der Waals surface area contributed by atoms with Crippen molar-refractivity contribution in [1.82, 2.24) is 5.32 Å². The van der Waals surface area contributed by atoms with Gasteiger partial charge in [-0.15, -0.1) is 11.8 Å². The highest BCUT2D eigenvalue weighted by Crippen LogP contribution is 2.08. The van der Waals surface area contributed by atoms with Gasteiger partial charge in [0.15, 0.2) is 0 Å². The highest BCUT2D eigenvalue weighted by Gasteiger charge is 2.05. The van der Waals surface area contributed by atoms with Crippen LogP contribution in [0, 0.1) is 0 Å². The first-order chi connectivity index (χ1) is 7.77. The number of amides is 1. The van der Waals surface area contributed by atoms with Gasteiger partial charge in [0.1, 0.15) is 5.76 Å². The zero-order valence-corrected chi connectivity index (χ0v) is 10.0. The second kappa shape index (κ2) is 6.95. The number of hydrogen-bond donors (Lipinski definition) is 1. The predicted octanol–water partition coefficient (Wildman–Crippen LogP) is 2.72. The minimum absolute atomic E-state index is 0.132. The molecule has 4 heteroatoms. The molecule has 1 aromatic heterocycles. The van der Waals surface area contributed by atoms with Crippen LogP contribution >= 0.6 is 11.8 Å². The van der Waals surface area contributed by atoms with Crippen LogP contribution in [-0.2, 0) is 11.3 Å². The van der Waals surface area contributed by atoms with Gasteiger partial charge in [-0.05, 0) is 23.3 Å². The molecule has 0 atom stereocenters. The van der Waals surface area contributed by atoms with Gasteiger partial charge in [0.2, 0.25) is 0 Å². The lowest BCUT2D eigenvalue weighted by atomic mass is 10.3. The molecule has 1 heterocycles. The molecular formula is C12H15NO2S. The van der Waals surface area contributed by atoms with Crippen LogP contribution in [-0.4, -0.2) is 11.7 Å². The zero-order chi connectivity index (χ0) is 11.8. The highest BCUT2D eigenvalue weighted by molar-refractivity contribution is 8.02. The first kappa shape index (κ1) is 12.6. The molecule has 0 spiro atoms. The monoisotopic (exact) mass is 237 g/mol. The average Bonchev–Trinajstić information content (AvgIpc) is 2.80. The summed E-state index contributed by atoms with van der Waals surface area (Å²) in [4.78, 5) is 11.7. The summed E-state index contributed by atoms with van der Waals surface area (Å²) in [5.74, 6) is 1.54. The molecule has 0 aliphatic carbocycles. The number of hydrogen-bond acceptors (Lipinski definition) is 3. The van der Waals surface area contributed by atoms with Gasteiger partial charge in [-0.2, -0.15) is 0 Å². The lowest BCUT2D eigenvalue weighted by Gasteiger charge is -2.03. The third-order valence-electron chi connectivity index (χ3n) is 1.86. The Bertz CT molecular complexity index is 368. The summed E-state index contributed by atoms with van der Waals surface area (Å²) >= 11 is 1.57. The van der Waals surface area contributed by atoms with E-state index in [1.54, 1.807) is 30.2 Å². The Morgan fingerprint density at radius 3 is 3.06 bits per heavy atom. The number of carbonyl (C=O) groups excluding carboxylic acids is 1. The predicted molar refractivity (Wildman–Crippen MR) is 67.0 cm³/mol. The minimum atomic E-state index is -0.132. The van der Waals surface area contributed by atoms with Crippen LogP contribution in [0.3, 0.4) is 0 Å². The lowest BCUT2D eigenvalue weighted by Crippen LogP contribution is -2.23. The maximum atomic E-state index is 11.7. The van der Waals surface area contributed by atoms with Crippen LogP contribution in [0.2, 0.25) is 0 Å². The lowest BCUT2D eigenvalue weighted by molar-refractivity contribution is -0.117. The number of rotatable bonds is 6. The number of thioether (sulfide) groups is 1. The van der Waals surface area contributed by atoms with Crippen LogP contribution in [0.15, 0.2) is 46.4 Å². The molecule has 0 aliphatic heterocycles. The summed E-state index contributed by atoms with van der Waals surface area (Å²) < 4.78 is 5.11. The Labute approximate surface area is 99.6 Å². The van der Waals surface area contributed by atoms with Crippen molar-refractivity contribution in [3.63, 3.8) is 0 Å². The van der Waals surface area contributed by atoms with E-state index in [0.717, 1.165) is 11.5 Å². The molecular weight excluding hydrogens is 222 g/mol. The number of carbonyl (C=O) groups is 1. The van der Waals surface area contributed by atoms with E-state index < -0.39 is 0 Å². The van der Waals surface area contributed by atoms with E-state index in [1.165, 1.54) is 0 Å². The Morgan fingerprint density at radius 1 is 1.69 bits per heavy atom. The minimum Gasteiger partial charge on any atom is -0.467 e. The molecule has 0 bridgehead atoms. The Morgan fingerprint density at radius 2 is 2.50 bits per heavy atom. The van der Waals surface area contributed by atoms with Crippen molar-refractivity contribution in [2.45, 2.75) is 13.5 Å². The van der Waals surface area contributed by atoms with Crippen LogP contribution < -0.4 is 5.32 Å². The van der Waals surface area contributed by atoms with Crippen LogP contribution in [0.1, 0.15) is 12.7 Å². The average molecular weight is 237 g/mol. The molecule has 0 radical (unpaired) electrons. The second-order valence-corrected chi connectivity index (χ2v) is 4.14. The Balaban J connectivity index is 2.47. The van der Waals surface area contributed by atoms with Gasteiger partial charge in [0, 0.05) is 5.57 Å². The molecule has 1 rings (SSSR count). The molecule has 0 aromatic carbocycles. The molecule has 16 heavy (non-hydrogen) atoms. The van der Waals surface area contributed by atoms with Gasteiger partial charge in [-0.1, -0.05) is 19.6 Å². The Hall–Kier alpha value is -1.42. The standard InChI is InChI=1S/C12H15NO2S/c1-3-10(9-16-4-2)12(14)13-8-11-6-5-7-15-11/h3,5-7,9H,1,4,8H2,2H3,(H,13,14)/b10-9+. The van der Waals surface area contributed by atoms with Gasteiger partial charge in [-0.25, -0.2) is 0 Å². The SMILES string of the molecule is C=C/C(=C\SCC)C(=O)NCc1ccco1. The first-order valence-corrected chi connectivity index (χ1v) is 6.07. The van der Waals surface area contributed by atoms with E-state index in [1.807, 2.05) is 18.4 Å². The number of furan rings is 1. The fourth-order valence-corrected chi connectivity index (χ4v) is 1.60. The van der Waals surface area contributed by atoms with Crippen molar-refractivity contribution in [3.8, 4) is 0 Å². The molecule has 0 saturated carbocycles. The molecule has 1 aromatic rings. The van der Waals surface area contributed by atoms with Gasteiger partial charge < -0.3 is 9.73 Å². The molecule has 1 amide bonds. The largest absolute Gasteiger partial charge is 0.467 e. The van der Waals surface area contributed by atoms with E-state index in [-0.39, 0.29) is 5.91 Å². The van der Waals surface area contributed by atoms with Crippen LogP contribution in [0.4, 0.5) is 0 Å². The van der Waals surface area contributed by atoms with E-state index in [0.29, 0.717) is 12.1 Å². The fourth-order valence-electron chi connectivity index (χ4n) is 1.05. The van der Waals surface area contributed by atoms with Crippen molar-refractivity contribution in [2.24, 2.45) is 0 Å². The van der Waals surface area contributed by atoms with Crippen molar-refractivity contribution in [3.05, 3.63) is 47.8 Å². The highest BCUT2D eigenvalue weighted by atomic mass is 32.2. The smallest absolute Gasteiger partial charge is 0.252 e. The van der Waals surface area contributed by atoms with E-state index >= 15 is 0 Å². The molecule has 0 aliphatic rings. The third-order valence-corrected chi connectivity index (χ3v) is 2.62. The summed E-state index contributed by atoms with van der Waals surface area (Å²) in [6, 6.07) is 3.61. The van der Waals surface area contributed by atoms with Crippen molar-refractivity contribution >= 4 is 17.7 Å². The third kappa shape index (κ3) is 3.98. The Kier molecular flexibility index (Phi) is 5.50. The topological polar surface area (TPSA) is 42.2 Å². The summed E-state index contributed by atoms with van der Waals surface area (Å²) in [5, 5.41) is 4.57. The van der Waals surface area contributed by atoms with E-state index in [9.17, 15) is 4.79 Å². The maximum Gasteiger partial charge on any atom is 0.252 e. The maximum absolute atomic E-state index is 11.7. The zero-order valence-electron chi connectivity index (χ0n) is 9.23. The van der Waals surface area contributed by atoms with Crippen molar-refractivity contribution in [2.75, 3.05) is 5.75 Å². The van der Waals surface area contributed by atoms with Crippen LogP contribution in [0.5, 0.6) is 0 Å². The fraction of sp³-hybridized carbons (Fsp3) is 0.250. The van der Waals surface area contributed by atoms with Crippen molar-refractivity contribution in [1.29, 1.82) is 0 Å². The second-order valence-electron chi connectivity index (χ2n) is 2.99. The normalized spacial score (nSPS) is 11.2. The molecule has 1 N–H and O–H groups in total. The van der Waals surface area contributed by atoms with Gasteiger partial charge in [0.25, 0.3) is 5.91 Å². The number of nitrogens with one attached hydrogen (secondary N) is 1. The summed E-state index contributed by atoms with van der Waals surface area (Å²) in [7, 11) is 0. The summed E-state index contributed by atoms with van der Waals surface area (Å²) in [6.45, 7) is 6.04. The van der Waals surface area contributed by atoms with Gasteiger partial charge in [-0.3, -0.25) is 4.79 Å². The van der Waals surface area contributed by atoms with E-state index in [2.05, 4.69) is 11.9 Å². The molecule has 0 unspecified atom stereocenters. The van der Waals surface area contributed by atoms with E-state index in [4.69, 9.17) is 4.42 Å². The first-order valence-electron chi connectivity index (χ1n) is 5.02. The summed E-state index contributed by atoms with van der Waals surface area (Å²) in [6.07, 6.45) is 3.14. The molecule has 86 valence electrons. The van der Waals surface area contributed by atoms with Gasteiger partial charge >= 0.3 is 0 Å². The van der Waals surface area contributed by atoms with Crippen molar-refractivity contribution < 1.29 is 9.21 Å². The quantitative estimate of drug-likeness (QED) is 0.611. The summed E-state index contributed by atoms with van der Waals surface area (Å²) in [5.41, 5.74) is 0.582. The van der Waals surface area contributed by atoms with Crippen LogP contribution in [0.25, 0.3) is 0 Å². The molecule has 0 fully saturated rings. The van der Waals surface area contributed by atoms with Gasteiger partial charge in [0.05, 0.1) is 12.8 Å².